The van der Waals surface area contributed by atoms with Crippen LogP contribution < -0.4 is 10.1 Å². The van der Waals surface area contributed by atoms with Gasteiger partial charge in [-0.15, -0.1) is 0 Å². The van der Waals surface area contributed by atoms with Gasteiger partial charge in [0.05, 0.1) is 18.4 Å². The lowest BCUT2D eigenvalue weighted by Crippen LogP contribution is -2.23. The van der Waals surface area contributed by atoms with E-state index in [0.29, 0.717) is 11.4 Å². The van der Waals surface area contributed by atoms with Crippen molar-refractivity contribution in [2.75, 3.05) is 12.4 Å². The lowest BCUT2D eigenvalue weighted by atomic mass is 9.97. The molecule has 0 aliphatic carbocycles. The summed E-state index contributed by atoms with van der Waals surface area (Å²) in [5.41, 5.74) is 0.347. The number of rotatable bonds is 8. The molecule has 1 aromatic carbocycles. The standard InChI is InChI=1S/C16H23NO4/c1-4-6-11(7-5-2)15(18)17-14-9-8-12(21-3)10-13(14)16(19)20/h8-11H,4-7H2,1-3H3,(H,17,18)(H,19,20). The maximum Gasteiger partial charge on any atom is 0.337 e. The summed E-state index contributed by atoms with van der Waals surface area (Å²) in [4.78, 5) is 23.6. The van der Waals surface area contributed by atoms with Gasteiger partial charge in [-0.3, -0.25) is 4.79 Å². The lowest BCUT2D eigenvalue weighted by Gasteiger charge is -2.16. The Balaban J connectivity index is 2.95. The number of amides is 1. The predicted molar refractivity (Wildman–Crippen MR) is 81.9 cm³/mol. The summed E-state index contributed by atoms with van der Waals surface area (Å²) in [5.74, 6) is -0.842. The lowest BCUT2D eigenvalue weighted by molar-refractivity contribution is -0.120. The fourth-order valence-corrected chi connectivity index (χ4v) is 2.27. The van der Waals surface area contributed by atoms with Gasteiger partial charge in [-0.1, -0.05) is 26.7 Å². The molecule has 0 unspecified atom stereocenters. The first kappa shape index (κ1) is 17.0. The summed E-state index contributed by atoms with van der Waals surface area (Å²) >= 11 is 0. The third-order valence-corrected chi connectivity index (χ3v) is 3.36. The Kier molecular flexibility index (Phi) is 6.72. The molecule has 1 amide bonds. The Morgan fingerprint density at radius 3 is 2.33 bits per heavy atom. The third kappa shape index (κ3) is 4.77. The minimum absolute atomic E-state index is 0.0365. The SMILES string of the molecule is CCCC(CCC)C(=O)Nc1ccc(OC)cc1C(=O)O. The number of carbonyl (C=O) groups excluding carboxylic acids is 1. The van der Waals surface area contributed by atoms with Gasteiger partial charge in [0.2, 0.25) is 5.91 Å². The van der Waals surface area contributed by atoms with E-state index >= 15 is 0 Å². The summed E-state index contributed by atoms with van der Waals surface area (Å²) in [6, 6.07) is 4.61. The Morgan fingerprint density at radius 1 is 1.24 bits per heavy atom. The van der Waals surface area contributed by atoms with Crippen LogP contribution in [0, 0.1) is 5.92 Å². The van der Waals surface area contributed by atoms with E-state index in [1.807, 2.05) is 13.8 Å². The number of hydrogen-bond acceptors (Lipinski definition) is 3. The number of aromatic carboxylic acids is 1. The molecule has 0 radical (unpaired) electrons. The van der Waals surface area contributed by atoms with Crippen molar-refractivity contribution >= 4 is 17.6 Å². The van der Waals surface area contributed by atoms with Gasteiger partial charge in [0.15, 0.2) is 0 Å². The molecule has 1 aromatic rings. The number of hydrogen-bond donors (Lipinski definition) is 2. The van der Waals surface area contributed by atoms with Crippen LogP contribution in [-0.2, 0) is 4.79 Å². The molecule has 0 saturated carbocycles. The van der Waals surface area contributed by atoms with Gasteiger partial charge in [-0.25, -0.2) is 4.79 Å². The Morgan fingerprint density at radius 2 is 1.86 bits per heavy atom. The molecule has 0 aromatic heterocycles. The molecule has 0 heterocycles. The first-order valence-electron chi connectivity index (χ1n) is 7.25. The molecule has 21 heavy (non-hydrogen) atoms. The third-order valence-electron chi connectivity index (χ3n) is 3.36. The maximum atomic E-state index is 12.3. The van der Waals surface area contributed by atoms with Crippen LogP contribution in [-0.4, -0.2) is 24.1 Å². The van der Waals surface area contributed by atoms with Gasteiger partial charge in [0, 0.05) is 5.92 Å². The zero-order chi connectivity index (χ0) is 15.8. The molecule has 0 atom stereocenters. The number of carbonyl (C=O) groups is 2. The molecule has 0 spiro atoms. The molecule has 1 rings (SSSR count). The van der Waals surface area contributed by atoms with Gasteiger partial charge >= 0.3 is 5.97 Å². The molecule has 0 aliphatic rings. The topological polar surface area (TPSA) is 75.6 Å². The first-order chi connectivity index (χ1) is 10.0. The summed E-state index contributed by atoms with van der Waals surface area (Å²) in [5, 5.41) is 12.0. The van der Waals surface area contributed by atoms with E-state index in [4.69, 9.17) is 4.74 Å². The number of ether oxygens (including phenoxy) is 1. The molecule has 5 nitrogen and oxygen atoms in total. The summed E-state index contributed by atoms with van der Waals surface area (Å²) in [6.07, 6.45) is 3.45. The number of methoxy groups -OCH3 is 1. The fourth-order valence-electron chi connectivity index (χ4n) is 2.27. The Bertz CT molecular complexity index is 493. The van der Waals surface area contributed by atoms with E-state index in [9.17, 15) is 14.7 Å². The largest absolute Gasteiger partial charge is 0.497 e. The van der Waals surface area contributed by atoms with Crippen LogP contribution in [0.2, 0.25) is 0 Å². The van der Waals surface area contributed by atoms with E-state index in [1.165, 1.54) is 13.2 Å². The molecule has 0 fully saturated rings. The van der Waals surface area contributed by atoms with Crippen LogP contribution in [0.1, 0.15) is 49.9 Å². The van der Waals surface area contributed by atoms with Gasteiger partial charge < -0.3 is 15.2 Å². The quantitative estimate of drug-likeness (QED) is 0.768. The zero-order valence-corrected chi connectivity index (χ0v) is 12.8. The average Bonchev–Trinajstić information content (AvgIpc) is 2.47. The van der Waals surface area contributed by atoms with Gasteiger partial charge in [-0.05, 0) is 31.0 Å². The van der Waals surface area contributed by atoms with Crippen molar-refractivity contribution in [3.05, 3.63) is 23.8 Å². The monoisotopic (exact) mass is 293 g/mol. The number of benzene rings is 1. The second-order valence-electron chi connectivity index (χ2n) is 4.98. The smallest absolute Gasteiger partial charge is 0.337 e. The first-order valence-corrected chi connectivity index (χ1v) is 7.25. The minimum atomic E-state index is -1.09. The minimum Gasteiger partial charge on any atom is -0.497 e. The molecule has 0 saturated heterocycles. The van der Waals surface area contributed by atoms with E-state index in [0.717, 1.165) is 25.7 Å². The Labute approximate surface area is 125 Å². The highest BCUT2D eigenvalue weighted by atomic mass is 16.5. The average molecular weight is 293 g/mol. The molecule has 5 heteroatoms. The van der Waals surface area contributed by atoms with Crippen molar-refractivity contribution < 1.29 is 19.4 Å². The van der Waals surface area contributed by atoms with Crippen molar-refractivity contribution in [2.24, 2.45) is 5.92 Å². The Hall–Kier alpha value is -2.04. The summed E-state index contributed by atoms with van der Waals surface area (Å²) in [6.45, 7) is 4.07. The maximum absolute atomic E-state index is 12.3. The number of carboxylic acids is 1. The van der Waals surface area contributed by atoms with Crippen molar-refractivity contribution in [3.63, 3.8) is 0 Å². The van der Waals surface area contributed by atoms with Crippen LogP contribution >= 0.6 is 0 Å². The van der Waals surface area contributed by atoms with Crippen LogP contribution in [0.15, 0.2) is 18.2 Å². The van der Waals surface area contributed by atoms with Crippen LogP contribution in [0.25, 0.3) is 0 Å². The molecule has 2 N–H and O–H groups in total. The van der Waals surface area contributed by atoms with E-state index < -0.39 is 5.97 Å². The van der Waals surface area contributed by atoms with Gasteiger partial charge in [-0.2, -0.15) is 0 Å². The van der Waals surface area contributed by atoms with E-state index in [2.05, 4.69) is 5.32 Å². The predicted octanol–water partition coefficient (Wildman–Crippen LogP) is 3.55. The highest BCUT2D eigenvalue weighted by Crippen LogP contribution is 2.24. The van der Waals surface area contributed by atoms with Crippen molar-refractivity contribution in [1.82, 2.24) is 0 Å². The van der Waals surface area contributed by atoms with Crippen LogP contribution in [0.5, 0.6) is 5.75 Å². The van der Waals surface area contributed by atoms with Crippen molar-refractivity contribution in [1.29, 1.82) is 0 Å². The number of anilines is 1. The second-order valence-corrected chi connectivity index (χ2v) is 4.98. The molecular formula is C16H23NO4. The van der Waals surface area contributed by atoms with Gasteiger partial charge in [0.25, 0.3) is 0 Å². The molecular weight excluding hydrogens is 270 g/mol. The van der Waals surface area contributed by atoms with Crippen molar-refractivity contribution in [3.8, 4) is 5.75 Å². The number of nitrogens with one attached hydrogen (secondary N) is 1. The fraction of sp³-hybridized carbons (Fsp3) is 0.500. The highest BCUT2D eigenvalue weighted by Gasteiger charge is 2.19. The van der Waals surface area contributed by atoms with Crippen molar-refractivity contribution in [2.45, 2.75) is 39.5 Å². The molecule has 116 valence electrons. The number of carboxylic acid groups (broad SMARTS) is 1. The summed E-state index contributed by atoms with van der Waals surface area (Å²) < 4.78 is 5.01. The molecule has 0 bridgehead atoms. The second kappa shape index (κ2) is 8.29. The zero-order valence-electron chi connectivity index (χ0n) is 12.8. The van der Waals surface area contributed by atoms with Crippen LogP contribution in [0.3, 0.4) is 0 Å². The van der Waals surface area contributed by atoms with Crippen LogP contribution in [0.4, 0.5) is 5.69 Å². The van der Waals surface area contributed by atoms with Gasteiger partial charge in [0.1, 0.15) is 5.75 Å². The highest BCUT2D eigenvalue weighted by molar-refractivity contribution is 6.01. The summed E-state index contributed by atoms with van der Waals surface area (Å²) in [7, 11) is 1.47. The van der Waals surface area contributed by atoms with E-state index in [1.54, 1.807) is 12.1 Å². The van der Waals surface area contributed by atoms with E-state index in [-0.39, 0.29) is 17.4 Å². The normalized spacial score (nSPS) is 10.5. The molecule has 0 aliphatic heterocycles.